The van der Waals surface area contributed by atoms with Crippen molar-refractivity contribution in [3.63, 3.8) is 0 Å². The lowest BCUT2D eigenvalue weighted by Gasteiger charge is -2.24. The molecule has 0 aromatic carbocycles. The highest BCUT2D eigenvalue weighted by atomic mass is 79.9. The Morgan fingerprint density at radius 2 is 2.29 bits per heavy atom. The van der Waals surface area contributed by atoms with E-state index in [-0.39, 0.29) is 0 Å². The second kappa shape index (κ2) is 4.53. The Morgan fingerprint density at radius 3 is 3.00 bits per heavy atom. The molecule has 0 saturated carbocycles. The van der Waals surface area contributed by atoms with E-state index in [1.807, 2.05) is 30.5 Å². The van der Waals surface area contributed by atoms with Crippen LogP contribution < -0.4 is 4.90 Å². The van der Waals surface area contributed by atoms with Gasteiger partial charge in [-0.25, -0.2) is 4.98 Å². The van der Waals surface area contributed by atoms with Gasteiger partial charge in [0.15, 0.2) is 0 Å². The summed E-state index contributed by atoms with van der Waals surface area (Å²) in [7, 11) is 0. The van der Waals surface area contributed by atoms with Crippen molar-refractivity contribution in [3.8, 4) is 0 Å². The van der Waals surface area contributed by atoms with E-state index >= 15 is 0 Å². The summed E-state index contributed by atoms with van der Waals surface area (Å²) >= 11 is 3.41. The van der Waals surface area contributed by atoms with Gasteiger partial charge < -0.3 is 9.32 Å². The van der Waals surface area contributed by atoms with Crippen molar-refractivity contribution in [2.45, 2.75) is 18.9 Å². The fourth-order valence-electron chi connectivity index (χ4n) is 2.36. The molecule has 0 amide bonds. The van der Waals surface area contributed by atoms with E-state index in [9.17, 15) is 0 Å². The first-order chi connectivity index (χ1) is 8.34. The molecule has 2 aromatic heterocycles. The van der Waals surface area contributed by atoms with Gasteiger partial charge in [0, 0.05) is 17.2 Å². The topological polar surface area (TPSA) is 29.3 Å². The standard InChI is InChI=1S/C13H13BrN2O/c14-10-5-6-13(15-9-10)16-7-1-3-11(16)12-4-2-8-17-12/h2,4-6,8-9,11H,1,3,7H2. The van der Waals surface area contributed by atoms with Crippen molar-refractivity contribution in [3.05, 3.63) is 47.0 Å². The minimum Gasteiger partial charge on any atom is -0.467 e. The van der Waals surface area contributed by atoms with E-state index in [0.717, 1.165) is 29.0 Å². The summed E-state index contributed by atoms with van der Waals surface area (Å²) in [6.45, 7) is 1.04. The zero-order chi connectivity index (χ0) is 11.7. The maximum absolute atomic E-state index is 5.51. The van der Waals surface area contributed by atoms with Crippen molar-refractivity contribution in [2.75, 3.05) is 11.4 Å². The molecule has 1 unspecified atom stereocenters. The van der Waals surface area contributed by atoms with Crippen LogP contribution in [0.3, 0.4) is 0 Å². The van der Waals surface area contributed by atoms with Gasteiger partial charge in [-0.3, -0.25) is 0 Å². The SMILES string of the molecule is Brc1ccc(N2CCCC2c2ccco2)nc1. The molecule has 2 aromatic rings. The Bertz CT molecular complexity index is 481. The van der Waals surface area contributed by atoms with E-state index in [2.05, 4.69) is 25.8 Å². The van der Waals surface area contributed by atoms with Crippen LogP contribution >= 0.6 is 15.9 Å². The number of pyridine rings is 1. The molecule has 0 aliphatic carbocycles. The lowest BCUT2D eigenvalue weighted by molar-refractivity contribution is 0.464. The maximum Gasteiger partial charge on any atom is 0.129 e. The number of rotatable bonds is 2. The summed E-state index contributed by atoms with van der Waals surface area (Å²) in [5, 5.41) is 0. The molecule has 88 valence electrons. The Morgan fingerprint density at radius 1 is 1.35 bits per heavy atom. The first-order valence-corrected chi connectivity index (χ1v) is 6.55. The number of furan rings is 1. The van der Waals surface area contributed by atoms with Gasteiger partial charge in [-0.05, 0) is 53.0 Å². The molecule has 3 heterocycles. The largest absolute Gasteiger partial charge is 0.467 e. The van der Waals surface area contributed by atoms with E-state index in [4.69, 9.17) is 4.42 Å². The Hall–Kier alpha value is -1.29. The van der Waals surface area contributed by atoms with Crippen LogP contribution in [-0.2, 0) is 0 Å². The van der Waals surface area contributed by atoms with E-state index in [0.29, 0.717) is 6.04 Å². The average molecular weight is 293 g/mol. The Balaban J connectivity index is 1.89. The van der Waals surface area contributed by atoms with E-state index < -0.39 is 0 Å². The highest BCUT2D eigenvalue weighted by molar-refractivity contribution is 9.10. The van der Waals surface area contributed by atoms with Crippen LogP contribution in [0.15, 0.2) is 45.6 Å². The van der Waals surface area contributed by atoms with Crippen LogP contribution in [-0.4, -0.2) is 11.5 Å². The Kier molecular flexibility index (Phi) is 2.89. The number of anilines is 1. The molecule has 17 heavy (non-hydrogen) atoms. The third-order valence-corrected chi connectivity index (χ3v) is 3.60. The number of hydrogen-bond acceptors (Lipinski definition) is 3. The number of halogens is 1. The molecule has 1 aliphatic rings. The minimum atomic E-state index is 0.332. The van der Waals surface area contributed by atoms with Gasteiger partial charge in [0.25, 0.3) is 0 Å². The third kappa shape index (κ3) is 2.09. The van der Waals surface area contributed by atoms with Crippen molar-refractivity contribution < 1.29 is 4.42 Å². The minimum absolute atomic E-state index is 0.332. The molecule has 1 aliphatic heterocycles. The second-order valence-electron chi connectivity index (χ2n) is 4.20. The normalized spacial score (nSPS) is 19.8. The molecule has 0 spiro atoms. The van der Waals surface area contributed by atoms with Crippen molar-refractivity contribution in [1.29, 1.82) is 0 Å². The zero-order valence-electron chi connectivity index (χ0n) is 9.34. The van der Waals surface area contributed by atoms with Gasteiger partial charge >= 0.3 is 0 Å². The molecule has 3 rings (SSSR count). The molecular formula is C13H13BrN2O. The molecule has 0 N–H and O–H groups in total. The molecule has 0 radical (unpaired) electrons. The quantitative estimate of drug-likeness (QED) is 0.844. The van der Waals surface area contributed by atoms with Crippen molar-refractivity contribution >= 4 is 21.7 Å². The highest BCUT2D eigenvalue weighted by Gasteiger charge is 2.28. The number of nitrogens with zero attached hydrogens (tertiary/aromatic N) is 2. The van der Waals surface area contributed by atoms with Crippen LogP contribution in [0, 0.1) is 0 Å². The third-order valence-electron chi connectivity index (χ3n) is 3.13. The van der Waals surface area contributed by atoms with Crippen LogP contribution in [0.4, 0.5) is 5.82 Å². The molecular weight excluding hydrogens is 280 g/mol. The fraction of sp³-hybridized carbons (Fsp3) is 0.308. The summed E-state index contributed by atoms with van der Waals surface area (Å²) in [4.78, 5) is 6.77. The maximum atomic E-state index is 5.51. The first kappa shape index (κ1) is 10.8. The summed E-state index contributed by atoms with van der Waals surface area (Å²) in [6.07, 6.45) is 5.89. The summed E-state index contributed by atoms with van der Waals surface area (Å²) in [5.74, 6) is 2.05. The fourth-order valence-corrected chi connectivity index (χ4v) is 2.59. The molecule has 4 heteroatoms. The summed E-state index contributed by atoms with van der Waals surface area (Å²) in [5.41, 5.74) is 0. The molecule has 1 atom stereocenters. The van der Waals surface area contributed by atoms with Gasteiger partial charge in [-0.2, -0.15) is 0 Å². The summed E-state index contributed by atoms with van der Waals surface area (Å²) < 4.78 is 6.52. The van der Waals surface area contributed by atoms with Crippen LogP contribution in [0.5, 0.6) is 0 Å². The van der Waals surface area contributed by atoms with Crippen LogP contribution in [0.2, 0.25) is 0 Å². The van der Waals surface area contributed by atoms with Crippen LogP contribution in [0.1, 0.15) is 24.6 Å². The van der Waals surface area contributed by atoms with Gasteiger partial charge in [0.2, 0.25) is 0 Å². The lowest BCUT2D eigenvalue weighted by atomic mass is 10.1. The molecule has 3 nitrogen and oxygen atoms in total. The second-order valence-corrected chi connectivity index (χ2v) is 5.12. The van der Waals surface area contributed by atoms with Gasteiger partial charge in [-0.1, -0.05) is 0 Å². The zero-order valence-corrected chi connectivity index (χ0v) is 10.9. The van der Waals surface area contributed by atoms with Crippen molar-refractivity contribution in [1.82, 2.24) is 4.98 Å². The number of aromatic nitrogens is 1. The lowest BCUT2D eigenvalue weighted by Crippen LogP contribution is -2.23. The molecule has 1 fully saturated rings. The van der Waals surface area contributed by atoms with E-state index in [1.165, 1.54) is 6.42 Å². The first-order valence-electron chi connectivity index (χ1n) is 5.76. The smallest absolute Gasteiger partial charge is 0.129 e. The summed E-state index contributed by atoms with van der Waals surface area (Å²) in [6, 6.07) is 8.40. The Labute approximate surface area is 109 Å². The average Bonchev–Trinajstić information content (AvgIpc) is 3.00. The monoisotopic (exact) mass is 292 g/mol. The van der Waals surface area contributed by atoms with Crippen LogP contribution in [0.25, 0.3) is 0 Å². The molecule has 0 bridgehead atoms. The van der Waals surface area contributed by atoms with E-state index in [1.54, 1.807) is 6.26 Å². The predicted molar refractivity (Wildman–Crippen MR) is 70.0 cm³/mol. The van der Waals surface area contributed by atoms with Gasteiger partial charge in [-0.15, -0.1) is 0 Å². The van der Waals surface area contributed by atoms with Crippen molar-refractivity contribution in [2.24, 2.45) is 0 Å². The predicted octanol–water partition coefficient (Wildman–Crippen LogP) is 3.78. The highest BCUT2D eigenvalue weighted by Crippen LogP contribution is 2.35. The van der Waals surface area contributed by atoms with Gasteiger partial charge in [0.1, 0.15) is 11.6 Å². The number of hydrogen-bond donors (Lipinski definition) is 0. The van der Waals surface area contributed by atoms with Gasteiger partial charge in [0.05, 0.1) is 12.3 Å². The molecule has 1 saturated heterocycles.